The number of ether oxygens (including phenoxy) is 1. The minimum atomic E-state index is 0.435. The Bertz CT molecular complexity index is 179. The van der Waals surface area contributed by atoms with Gasteiger partial charge in [0.1, 0.15) is 6.20 Å². The fourth-order valence-electron chi connectivity index (χ4n) is 0.632. The lowest BCUT2D eigenvalue weighted by Gasteiger charge is -1.94. The third kappa shape index (κ3) is 1.04. The standard InChI is InChI=1S/C6H7NO2/c1-2-5(1)9-6-3-7-8-4-6/h3-5H,1-2H2. The number of aromatic nitrogens is 1. The quantitative estimate of drug-likeness (QED) is 0.596. The molecule has 0 amide bonds. The number of hydrogen-bond acceptors (Lipinski definition) is 3. The highest BCUT2D eigenvalue weighted by atomic mass is 16.5. The summed E-state index contributed by atoms with van der Waals surface area (Å²) in [4.78, 5) is 0. The van der Waals surface area contributed by atoms with Crippen molar-refractivity contribution in [3.05, 3.63) is 12.5 Å². The van der Waals surface area contributed by atoms with E-state index in [1.54, 1.807) is 6.20 Å². The molecule has 0 spiro atoms. The highest BCUT2D eigenvalue weighted by Crippen LogP contribution is 2.25. The molecular weight excluding hydrogens is 118 g/mol. The maximum absolute atomic E-state index is 5.31. The molecule has 3 nitrogen and oxygen atoms in total. The van der Waals surface area contributed by atoms with E-state index in [1.807, 2.05) is 0 Å². The van der Waals surface area contributed by atoms with Crippen LogP contribution in [0.25, 0.3) is 0 Å². The van der Waals surface area contributed by atoms with E-state index < -0.39 is 0 Å². The van der Waals surface area contributed by atoms with Crippen molar-refractivity contribution in [2.24, 2.45) is 0 Å². The van der Waals surface area contributed by atoms with Crippen molar-refractivity contribution in [1.82, 2.24) is 5.16 Å². The van der Waals surface area contributed by atoms with Crippen LogP contribution in [0.5, 0.6) is 5.75 Å². The Morgan fingerprint density at radius 3 is 3.11 bits per heavy atom. The van der Waals surface area contributed by atoms with Gasteiger partial charge in [-0.05, 0) is 12.8 Å². The second kappa shape index (κ2) is 1.76. The van der Waals surface area contributed by atoms with Crippen LogP contribution in [0, 0.1) is 0 Å². The molecule has 1 aromatic rings. The number of rotatable bonds is 2. The van der Waals surface area contributed by atoms with E-state index in [0.717, 1.165) is 5.75 Å². The summed E-state index contributed by atoms with van der Waals surface area (Å²) < 4.78 is 9.88. The molecule has 0 aromatic carbocycles. The third-order valence-corrected chi connectivity index (χ3v) is 1.24. The van der Waals surface area contributed by atoms with Crippen molar-refractivity contribution in [1.29, 1.82) is 0 Å². The van der Waals surface area contributed by atoms with E-state index in [-0.39, 0.29) is 0 Å². The van der Waals surface area contributed by atoms with Gasteiger partial charge in [-0.15, -0.1) is 0 Å². The van der Waals surface area contributed by atoms with E-state index in [0.29, 0.717) is 6.10 Å². The zero-order valence-corrected chi connectivity index (χ0v) is 4.91. The first-order chi connectivity index (χ1) is 4.45. The fraction of sp³-hybridized carbons (Fsp3) is 0.500. The Morgan fingerprint density at radius 1 is 1.67 bits per heavy atom. The van der Waals surface area contributed by atoms with Crippen LogP contribution in [0.4, 0.5) is 0 Å². The minimum Gasteiger partial charge on any atom is -0.485 e. The monoisotopic (exact) mass is 125 g/mol. The first kappa shape index (κ1) is 4.85. The predicted molar refractivity (Wildman–Crippen MR) is 30.2 cm³/mol. The molecule has 0 saturated heterocycles. The molecule has 0 aliphatic heterocycles. The van der Waals surface area contributed by atoms with Crippen LogP contribution in [-0.4, -0.2) is 11.3 Å². The van der Waals surface area contributed by atoms with Gasteiger partial charge >= 0.3 is 0 Å². The lowest BCUT2D eigenvalue weighted by Crippen LogP contribution is -1.93. The predicted octanol–water partition coefficient (Wildman–Crippen LogP) is 1.22. The van der Waals surface area contributed by atoms with Crippen molar-refractivity contribution in [2.75, 3.05) is 0 Å². The maximum atomic E-state index is 5.31. The second-order valence-electron chi connectivity index (χ2n) is 2.18. The summed E-state index contributed by atoms with van der Waals surface area (Å²) >= 11 is 0. The van der Waals surface area contributed by atoms with Crippen LogP contribution in [0.2, 0.25) is 0 Å². The van der Waals surface area contributed by atoms with Gasteiger partial charge in [0.2, 0.25) is 0 Å². The summed E-state index contributed by atoms with van der Waals surface area (Å²) in [6, 6.07) is 0. The molecule has 1 aliphatic carbocycles. The summed E-state index contributed by atoms with van der Waals surface area (Å²) in [7, 11) is 0. The summed E-state index contributed by atoms with van der Waals surface area (Å²) in [5, 5.41) is 3.50. The molecule has 0 bridgehead atoms. The van der Waals surface area contributed by atoms with Crippen molar-refractivity contribution in [2.45, 2.75) is 18.9 Å². The van der Waals surface area contributed by atoms with Crippen LogP contribution in [0.15, 0.2) is 17.0 Å². The molecule has 0 unspecified atom stereocenters. The van der Waals surface area contributed by atoms with Gasteiger partial charge in [0.05, 0.1) is 6.10 Å². The molecule has 0 atom stereocenters. The van der Waals surface area contributed by atoms with E-state index >= 15 is 0 Å². The van der Waals surface area contributed by atoms with Crippen LogP contribution >= 0.6 is 0 Å². The molecule has 1 aromatic heterocycles. The second-order valence-corrected chi connectivity index (χ2v) is 2.18. The van der Waals surface area contributed by atoms with Crippen LogP contribution < -0.4 is 4.74 Å². The molecule has 1 aliphatic rings. The molecule has 3 heteroatoms. The lowest BCUT2D eigenvalue weighted by atomic mass is 10.6. The Kier molecular flexibility index (Phi) is 0.946. The van der Waals surface area contributed by atoms with Crippen molar-refractivity contribution in [3.63, 3.8) is 0 Å². The largest absolute Gasteiger partial charge is 0.485 e. The molecule has 0 N–H and O–H groups in total. The van der Waals surface area contributed by atoms with Gasteiger partial charge in [-0.1, -0.05) is 5.16 Å². The number of hydrogen-bond donors (Lipinski definition) is 0. The van der Waals surface area contributed by atoms with Gasteiger partial charge in [0.25, 0.3) is 0 Å². The Balaban J connectivity index is 1.99. The summed E-state index contributed by atoms with van der Waals surface area (Å²) in [6.45, 7) is 0. The molecule has 0 radical (unpaired) electrons. The molecule has 1 saturated carbocycles. The van der Waals surface area contributed by atoms with Crippen molar-refractivity contribution < 1.29 is 9.26 Å². The van der Waals surface area contributed by atoms with Crippen LogP contribution in [-0.2, 0) is 0 Å². The van der Waals surface area contributed by atoms with Gasteiger partial charge < -0.3 is 9.26 Å². The van der Waals surface area contributed by atoms with Crippen LogP contribution in [0.1, 0.15) is 12.8 Å². The van der Waals surface area contributed by atoms with Gasteiger partial charge in [-0.3, -0.25) is 0 Å². The first-order valence-electron chi connectivity index (χ1n) is 3.01. The zero-order valence-electron chi connectivity index (χ0n) is 4.91. The van der Waals surface area contributed by atoms with Crippen molar-refractivity contribution in [3.8, 4) is 5.75 Å². The van der Waals surface area contributed by atoms with Gasteiger partial charge in [0, 0.05) is 0 Å². The van der Waals surface area contributed by atoms with E-state index in [4.69, 9.17) is 4.74 Å². The Morgan fingerprint density at radius 2 is 2.56 bits per heavy atom. The molecule has 48 valence electrons. The fourth-order valence-corrected chi connectivity index (χ4v) is 0.632. The number of nitrogens with zero attached hydrogens (tertiary/aromatic N) is 1. The molecule has 1 fully saturated rings. The topological polar surface area (TPSA) is 35.3 Å². The Hall–Kier alpha value is -0.990. The average molecular weight is 125 g/mol. The third-order valence-electron chi connectivity index (χ3n) is 1.24. The van der Waals surface area contributed by atoms with Gasteiger partial charge in [0.15, 0.2) is 12.0 Å². The maximum Gasteiger partial charge on any atom is 0.179 e. The van der Waals surface area contributed by atoms with Crippen molar-refractivity contribution >= 4 is 0 Å². The highest BCUT2D eigenvalue weighted by Gasteiger charge is 2.23. The summed E-state index contributed by atoms with van der Waals surface area (Å²) in [5.41, 5.74) is 0. The molecule has 9 heavy (non-hydrogen) atoms. The van der Waals surface area contributed by atoms with E-state index in [1.165, 1.54) is 19.1 Å². The summed E-state index contributed by atoms with van der Waals surface area (Å²) in [6.07, 6.45) is 5.87. The van der Waals surface area contributed by atoms with E-state index in [2.05, 4.69) is 9.68 Å². The normalized spacial score (nSPS) is 17.8. The molecular formula is C6H7NO2. The first-order valence-corrected chi connectivity index (χ1v) is 3.01. The highest BCUT2D eigenvalue weighted by molar-refractivity contribution is 5.09. The zero-order chi connectivity index (χ0) is 6.10. The average Bonchev–Trinajstić information content (AvgIpc) is 2.46. The lowest BCUT2D eigenvalue weighted by molar-refractivity contribution is 0.298. The van der Waals surface area contributed by atoms with Gasteiger partial charge in [-0.2, -0.15) is 0 Å². The Labute approximate surface area is 52.6 Å². The van der Waals surface area contributed by atoms with E-state index in [9.17, 15) is 0 Å². The SMILES string of the molecule is c1nocc1OC1CC1. The van der Waals surface area contributed by atoms with Gasteiger partial charge in [-0.25, -0.2) is 0 Å². The summed E-state index contributed by atoms with van der Waals surface area (Å²) in [5.74, 6) is 0.748. The molecule has 1 heterocycles. The minimum absolute atomic E-state index is 0.435. The van der Waals surface area contributed by atoms with Crippen LogP contribution in [0.3, 0.4) is 0 Å². The molecule has 2 rings (SSSR count). The smallest absolute Gasteiger partial charge is 0.179 e.